The summed E-state index contributed by atoms with van der Waals surface area (Å²) in [6.07, 6.45) is -1.32. The van der Waals surface area contributed by atoms with E-state index < -0.39 is 79.1 Å². The molecule has 4 aromatic rings. The smallest absolute Gasteiger partial charge is 0.290 e. The Morgan fingerprint density at radius 3 is 2.40 bits per heavy atom. The molecule has 0 spiro atoms. The molecule has 10 nitrogen and oxygen atoms in total. The van der Waals surface area contributed by atoms with Crippen LogP contribution in [0.3, 0.4) is 0 Å². The Morgan fingerprint density at radius 1 is 1.06 bits per heavy atom. The lowest BCUT2D eigenvalue weighted by molar-refractivity contribution is -0.134. The number of thiazole rings is 1. The number of carbonyl (C=O) groups is 1. The van der Waals surface area contributed by atoms with Crippen molar-refractivity contribution in [2.45, 2.75) is 67.9 Å². The Balaban J connectivity index is 1.33. The molecule has 1 aromatic carbocycles. The van der Waals surface area contributed by atoms with Crippen molar-refractivity contribution in [1.29, 1.82) is 0 Å². The normalized spacial score (nSPS) is 22.8. The molecule has 0 bridgehead atoms. The standard InChI is InChI=1S/C29H25F6N7O3S2/c1-40-15-37-26(39-40)47(44,45)42(21-11-28(31,32)12-21)20-5-2-17-8-22-16(13-38-41(22)19-6-3-18(30)4-7-19)9-27(17,10-20)24(43)25-36-14-23(46-25)29(33,34)35/h3-4,6-8,13-15,20-21H,2,5,9-12H2,1H3/t20-,27-/m0/s1. The van der Waals surface area contributed by atoms with Crippen molar-refractivity contribution in [3.8, 4) is 5.69 Å². The third-order valence-corrected chi connectivity index (χ3v) is 11.8. The number of aromatic nitrogens is 6. The Labute approximate surface area is 267 Å². The van der Waals surface area contributed by atoms with Gasteiger partial charge in [-0.05, 0) is 61.6 Å². The topological polar surface area (TPSA) is 116 Å². The maximum Gasteiger partial charge on any atom is 0.427 e. The number of benzene rings is 1. The molecule has 3 heterocycles. The average Bonchev–Trinajstić information content (AvgIpc) is 3.75. The lowest BCUT2D eigenvalue weighted by Crippen LogP contribution is -2.59. The van der Waals surface area contributed by atoms with Gasteiger partial charge in [0.25, 0.3) is 21.1 Å². The van der Waals surface area contributed by atoms with Crippen LogP contribution in [0.25, 0.3) is 11.8 Å². The van der Waals surface area contributed by atoms with E-state index in [0.29, 0.717) is 28.7 Å². The van der Waals surface area contributed by atoms with E-state index in [0.717, 1.165) is 15.3 Å². The molecule has 0 amide bonds. The molecule has 3 aliphatic carbocycles. The van der Waals surface area contributed by atoms with Crippen LogP contribution in [-0.4, -0.2) is 66.0 Å². The summed E-state index contributed by atoms with van der Waals surface area (Å²) in [5.41, 5.74) is 0.592. The monoisotopic (exact) mass is 697 g/mol. The first kappa shape index (κ1) is 31.7. The van der Waals surface area contributed by atoms with Crippen LogP contribution >= 0.6 is 11.3 Å². The van der Waals surface area contributed by atoms with Gasteiger partial charge in [-0.3, -0.25) is 9.48 Å². The van der Waals surface area contributed by atoms with Crippen LogP contribution in [0, 0.1) is 11.2 Å². The number of fused-ring (bicyclic) bond motifs is 2. The molecule has 0 aliphatic heterocycles. The largest absolute Gasteiger partial charge is 0.427 e. The summed E-state index contributed by atoms with van der Waals surface area (Å²) >= 11 is 0.190. The van der Waals surface area contributed by atoms with Gasteiger partial charge >= 0.3 is 6.18 Å². The number of halogens is 6. The molecule has 0 unspecified atom stereocenters. The van der Waals surface area contributed by atoms with Gasteiger partial charge in [0.15, 0.2) is 5.01 Å². The summed E-state index contributed by atoms with van der Waals surface area (Å²) in [4.78, 5) is 21.0. The van der Waals surface area contributed by atoms with Crippen molar-refractivity contribution in [3.05, 3.63) is 75.5 Å². The quantitative estimate of drug-likeness (QED) is 0.186. The van der Waals surface area contributed by atoms with Crippen molar-refractivity contribution in [3.63, 3.8) is 0 Å². The zero-order valence-corrected chi connectivity index (χ0v) is 26.1. The van der Waals surface area contributed by atoms with Gasteiger partial charge in [-0.25, -0.2) is 36.2 Å². The number of sulfonamides is 1. The summed E-state index contributed by atoms with van der Waals surface area (Å²) in [5, 5.41) is 7.34. The van der Waals surface area contributed by atoms with Crippen molar-refractivity contribution < 1.29 is 39.6 Å². The number of aryl methyl sites for hydroxylation is 1. The van der Waals surface area contributed by atoms with Crippen molar-refractivity contribution in [2.24, 2.45) is 12.5 Å². The van der Waals surface area contributed by atoms with Crippen LogP contribution in [0.2, 0.25) is 0 Å². The predicted molar refractivity (Wildman–Crippen MR) is 155 cm³/mol. The molecule has 0 radical (unpaired) electrons. The minimum Gasteiger partial charge on any atom is -0.290 e. The second kappa shape index (κ2) is 10.8. The van der Waals surface area contributed by atoms with E-state index in [1.54, 1.807) is 10.8 Å². The highest BCUT2D eigenvalue weighted by Crippen LogP contribution is 2.54. The van der Waals surface area contributed by atoms with Crippen LogP contribution < -0.4 is 0 Å². The lowest BCUT2D eigenvalue weighted by Gasteiger charge is -2.50. The maximum atomic E-state index is 14.4. The van der Waals surface area contributed by atoms with Crippen LogP contribution in [-0.2, 0) is 29.7 Å². The van der Waals surface area contributed by atoms with Gasteiger partial charge in [-0.1, -0.05) is 5.57 Å². The molecule has 2 saturated carbocycles. The first-order valence-corrected chi connectivity index (χ1v) is 16.7. The van der Waals surface area contributed by atoms with E-state index >= 15 is 0 Å². The third kappa shape index (κ3) is 5.39. The number of carbonyl (C=O) groups excluding carboxylic acids is 1. The number of rotatable bonds is 7. The first-order chi connectivity index (χ1) is 22.1. The highest BCUT2D eigenvalue weighted by Gasteiger charge is 2.57. The van der Waals surface area contributed by atoms with Gasteiger partial charge < -0.3 is 0 Å². The van der Waals surface area contributed by atoms with E-state index in [1.165, 1.54) is 37.5 Å². The molecular weight excluding hydrogens is 672 g/mol. The van der Waals surface area contributed by atoms with Gasteiger partial charge in [-0.2, -0.15) is 22.6 Å². The Kier molecular flexibility index (Phi) is 7.29. The first-order valence-electron chi connectivity index (χ1n) is 14.5. The van der Waals surface area contributed by atoms with Crippen molar-refractivity contribution in [1.82, 2.24) is 33.8 Å². The maximum absolute atomic E-state index is 14.4. The van der Waals surface area contributed by atoms with Gasteiger partial charge in [0.05, 0.1) is 29.2 Å². The Hall–Kier alpha value is -3.90. The number of hydrogen-bond acceptors (Lipinski definition) is 8. The summed E-state index contributed by atoms with van der Waals surface area (Å²) in [5.74, 6) is -4.28. The fourth-order valence-corrected chi connectivity index (χ4v) is 9.37. The second-order valence-corrected chi connectivity index (χ2v) is 14.8. The molecule has 2 fully saturated rings. The summed E-state index contributed by atoms with van der Waals surface area (Å²) in [6.45, 7) is 0. The van der Waals surface area contributed by atoms with Crippen LogP contribution in [0.15, 0.2) is 53.7 Å². The van der Waals surface area contributed by atoms with Crippen LogP contribution in [0.4, 0.5) is 26.3 Å². The fourth-order valence-electron chi connectivity index (χ4n) is 6.84. The van der Waals surface area contributed by atoms with Crippen LogP contribution in [0.1, 0.15) is 58.0 Å². The summed E-state index contributed by atoms with van der Waals surface area (Å²) in [6, 6.07) is 3.44. The molecule has 3 aromatic heterocycles. The zero-order valence-electron chi connectivity index (χ0n) is 24.5. The molecule has 2 atom stereocenters. The number of allylic oxidation sites excluding steroid dienone is 1. The number of hydrogen-bond donors (Lipinski definition) is 0. The molecule has 0 N–H and O–H groups in total. The van der Waals surface area contributed by atoms with Crippen LogP contribution in [0.5, 0.6) is 0 Å². The zero-order chi connectivity index (χ0) is 33.5. The van der Waals surface area contributed by atoms with Gasteiger partial charge in [0.1, 0.15) is 17.0 Å². The highest BCUT2D eigenvalue weighted by atomic mass is 32.2. The fraction of sp³-hybridized carbons (Fsp3) is 0.414. The van der Waals surface area contributed by atoms with E-state index in [2.05, 4.69) is 20.2 Å². The molecule has 7 rings (SSSR count). The lowest BCUT2D eigenvalue weighted by atomic mass is 9.60. The van der Waals surface area contributed by atoms with Crippen molar-refractivity contribution in [2.75, 3.05) is 0 Å². The second-order valence-electron chi connectivity index (χ2n) is 12.1. The molecule has 3 aliphatic rings. The predicted octanol–water partition coefficient (Wildman–Crippen LogP) is 5.47. The van der Waals surface area contributed by atoms with E-state index in [9.17, 15) is 39.6 Å². The third-order valence-electron chi connectivity index (χ3n) is 9.00. The average molecular weight is 698 g/mol. The Bertz CT molecular complexity index is 2010. The van der Waals surface area contributed by atoms with Crippen molar-refractivity contribution >= 4 is 33.2 Å². The minimum atomic E-state index is -4.74. The van der Waals surface area contributed by atoms with Gasteiger partial charge in [0.2, 0.25) is 5.78 Å². The van der Waals surface area contributed by atoms with E-state index in [-0.39, 0.29) is 37.0 Å². The SMILES string of the molecule is Cn1cnc(S(=O)(=O)N(C2CC(F)(F)C2)[C@H]2CCC3=Cc4c(cnn4-c4ccc(F)cc4)C[C@]3(C(=O)c3ncc(C(F)(F)F)s3)C2)n1. The van der Waals surface area contributed by atoms with Gasteiger partial charge in [-0.15, -0.1) is 16.4 Å². The van der Waals surface area contributed by atoms with Gasteiger partial charge in [0, 0.05) is 32.0 Å². The van der Waals surface area contributed by atoms with E-state index in [1.807, 2.05) is 0 Å². The summed E-state index contributed by atoms with van der Waals surface area (Å²) in [7, 11) is -3.09. The number of Topliss-reactive ketones (excluding diaryl/α,β-unsaturated/α-hetero) is 1. The molecule has 248 valence electrons. The summed E-state index contributed by atoms with van der Waals surface area (Å²) < 4.78 is 114. The minimum absolute atomic E-state index is 0.0673. The van der Waals surface area contributed by atoms with E-state index in [4.69, 9.17) is 0 Å². The molecular formula is C29H25F6N7O3S2. The molecule has 18 heteroatoms. The Morgan fingerprint density at radius 2 is 1.79 bits per heavy atom. The highest BCUT2D eigenvalue weighted by molar-refractivity contribution is 7.89. The number of nitrogens with zero attached hydrogens (tertiary/aromatic N) is 7. The number of alkyl halides is 5. The molecule has 47 heavy (non-hydrogen) atoms. The molecule has 0 saturated heterocycles. The number of ketones is 1.